The van der Waals surface area contributed by atoms with E-state index in [1.165, 1.54) is 12.4 Å². The number of sulfonamides is 1. The molecule has 0 saturated carbocycles. The second-order valence-electron chi connectivity index (χ2n) is 13.4. The number of aryl methyl sites for hydroxylation is 1. The van der Waals surface area contributed by atoms with E-state index in [2.05, 4.69) is 39.6 Å². The lowest BCUT2D eigenvalue weighted by atomic mass is 10.0. The lowest BCUT2D eigenvalue weighted by Crippen LogP contribution is -2.29. The number of phenols is 1. The molecule has 0 fully saturated rings. The van der Waals surface area contributed by atoms with Crippen LogP contribution in [0.25, 0.3) is 33.4 Å². The minimum absolute atomic E-state index is 0.123. The zero-order chi connectivity index (χ0) is 35.1. The molecule has 4 heterocycles. The molecule has 0 aliphatic rings. The van der Waals surface area contributed by atoms with Gasteiger partial charge in [0.15, 0.2) is 5.82 Å². The number of rotatable bonds is 12. The molecule has 15 heteroatoms. The van der Waals surface area contributed by atoms with Gasteiger partial charge in [0.05, 0.1) is 29.1 Å². The van der Waals surface area contributed by atoms with Gasteiger partial charge in [0.25, 0.3) is 5.56 Å². The summed E-state index contributed by atoms with van der Waals surface area (Å²) in [7, 11) is -4.94. The highest BCUT2D eigenvalue weighted by Gasteiger charge is 2.24. The topological polar surface area (TPSA) is 158 Å². The van der Waals surface area contributed by atoms with Crippen LogP contribution in [0, 0.1) is 6.92 Å². The maximum absolute atomic E-state index is 14.0. The van der Waals surface area contributed by atoms with Gasteiger partial charge in [-0.05, 0) is 61.4 Å². The average Bonchev–Trinajstić information content (AvgIpc) is 3.59. The maximum Gasteiger partial charge on any atom is 0.282 e. The van der Waals surface area contributed by atoms with Crippen molar-refractivity contribution in [3.63, 3.8) is 0 Å². The number of benzene rings is 2. The minimum Gasteiger partial charge on any atom is -0.508 e. The van der Waals surface area contributed by atoms with Crippen LogP contribution >= 0.6 is 0 Å². The Labute approximate surface area is 285 Å². The third kappa shape index (κ3) is 7.38. The number of nitrogens with zero attached hydrogens (tertiary/aromatic N) is 6. The third-order valence-corrected chi connectivity index (χ3v) is 10.4. The van der Waals surface area contributed by atoms with Gasteiger partial charge < -0.3 is 19.7 Å². The van der Waals surface area contributed by atoms with Crippen molar-refractivity contribution >= 4 is 46.2 Å². The molecule has 3 N–H and O–H groups in total. The molecular formula is C34H40N8O5SSi. The first kappa shape index (κ1) is 33.9. The van der Waals surface area contributed by atoms with Gasteiger partial charge in [-0.1, -0.05) is 37.8 Å². The number of phenolic OH excluding ortho intramolecular Hbond substituents is 1. The average molecular weight is 701 g/mol. The minimum atomic E-state index is -3.61. The molecule has 2 aromatic carbocycles. The standard InChI is InChI=1S/C34H40N8O5SSi/c1-22-12-13-41-30(22)34(44)42(26-10-8-7-9-11-26)32(38-41)23(2)37-31-29-28(24-16-25(18-27(43)17-24)39-48(3,45)46)19-40(33(29)36-20-35-31)21-47-14-15-49(4,5)6/h7-13,16-20,23,39,43H,14-15,21H2,1-6H3,(H,35,36,37). The van der Waals surface area contributed by atoms with E-state index in [0.29, 0.717) is 51.6 Å². The van der Waals surface area contributed by atoms with E-state index in [1.54, 1.807) is 27.4 Å². The van der Waals surface area contributed by atoms with Crippen molar-refractivity contribution < 1.29 is 18.3 Å². The Bertz CT molecular complexity index is 2330. The van der Waals surface area contributed by atoms with Crippen LogP contribution in [0.2, 0.25) is 25.7 Å². The molecule has 0 saturated heterocycles. The number of fused-ring (bicyclic) bond motifs is 2. The Morgan fingerprint density at radius 2 is 1.82 bits per heavy atom. The lowest BCUT2D eigenvalue weighted by molar-refractivity contribution is 0.0899. The quantitative estimate of drug-likeness (QED) is 0.107. The molecule has 6 aromatic rings. The Morgan fingerprint density at radius 1 is 1.06 bits per heavy atom. The van der Waals surface area contributed by atoms with Crippen LogP contribution in [0.4, 0.5) is 11.5 Å². The Kier molecular flexibility index (Phi) is 9.09. The number of nitrogens with one attached hydrogen (secondary N) is 2. The van der Waals surface area contributed by atoms with Gasteiger partial charge in [0, 0.05) is 38.7 Å². The summed E-state index contributed by atoms with van der Waals surface area (Å²) in [5, 5.41) is 19.6. The van der Waals surface area contributed by atoms with E-state index in [9.17, 15) is 18.3 Å². The van der Waals surface area contributed by atoms with Crippen LogP contribution in [-0.2, 0) is 21.5 Å². The largest absolute Gasteiger partial charge is 0.508 e. The van der Waals surface area contributed by atoms with Crippen molar-refractivity contribution in [1.29, 1.82) is 0 Å². The SMILES string of the molecule is Cc1ccn2nc(C(C)Nc3ncnc4c3c(-c3cc(O)cc(NS(C)(=O)=O)c3)cn4COCC[Si](C)(C)C)n(-c3ccccc3)c(=O)c12. The van der Waals surface area contributed by atoms with Crippen molar-refractivity contribution in [2.24, 2.45) is 0 Å². The second-order valence-corrected chi connectivity index (χ2v) is 20.8. The number of hydrogen-bond donors (Lipinski definition) is 3. The molecule has 0 aliphatic carbocycles. The smallest absolute Gasteiger partial charge is 0.282 e. The first-order valence-corrected chi connectivity index (χ1v) is 21.4. The van der Waals surface area contributed by atoms with E-state index in [1.807, 2.05) is 61.0 Å². The highest BCUT2D eigenvalue weighted by molar-refractivity contribution is 7.92. The summed E-state index contributed by atoms with van der Waals surface area (Å²) in [5.41, 5.74) is 3.72. The summed E-state index contributed by atoms with van der Waals surface area (Å²) in [5.74, 6) is 0.785. The lowest BCUT2D eigenvalue weighted by Gasteiger charge is -2.20. The monoisotopic (exact) mass is 700 g/mol. The zero-order valence-corrected chi connectivity index (χ0v) is 30.1. The number of ether oxygens (including phenoxy) is 1. The van der Waals surface area contributed by atoms with Gasteiger partial charge in [-0.2, -0.15) is 5.10 Å². The van der Waals surface area contributed by atoms with Crippen LogP contribution in [-0.4, -0.2) is 63.2 Å². The Balaban J connectivity index is 1.48. The molecule has 4 aromatic heterocycles. The number of hydrogen-bond acceptors (Lipinski definition) is 9. The molecule has 6 rings (SSSR count). The van der Waals surface area contributed by atoms with E-state index in [4.69, 9.17) is 9.84 Å². The summed E-state index contributed by atoms with van der Waals surface area (Å²) in [4.78, 5) is 23.2. The maximum atomic E-state index is 14.0. The summed E-state index contributed by atoms with van der Waals surface area (Å²) >= 11 is 0. The van der Waals surface area contributed by atoms with E-state index < -0.39 is 24.1 Å². The summed E-state index contributed by atoms with van der Waals surface area (Å²) in [6.07, 6.45) is 6.13. The van der Waals surface area contributed by atoms with Crippen molar-refractivity contribution in [3.05, 3.63) is 95.1 Å². The molecule has 0 aliphatic heterocycles. The zero-order valence-electron chi connectivity index (χ0n) is 28.3. The molecule has 0 bridgehead atoms. The predicted octanol–water partition coefficient (Wildman–Crippen LogP) is 5.77. The molecule has 1 atom stereocenters. The molecule has 0 amide bonds. The van der Waals surface area contributed by atoms with Crippen molar-refractivity contribution in [1.82, 2.24) is 28.7 Å². The van der Waals surface area contributed by atoms with E-state index >= 15 is 0 Å². The van der Waals surface area contributed by atoms with Gasteiger partial charge in [0.1, 0.15) is 35.8 Å². The fourth-order valence-corrected chi connectivity index (χ4v) is 7.04. The molecular weight excluding hydrogens is 661 g/mol. The number of aromatic hydroxyl groups is 1. The van der Waals surface area contributed by atoms with Gasteiger partial charge in [-0.15, -0.1) is 0 Å². The van der Waals surface area contributed by atoms with Gasteiger partial charge in [-0.25, -0.2) is 22.9 Å². The highest BCUT2D eigenvalue weighted by atomic mass is 32.2. The van der Waals surface area contributed by atoms with Crippen LogP contribution in [0.5, 0.6) is 5.75 Å². The van der Waals surface area contributed by atoms with E-state index in [-0.39, 0.29) is 23.7 Å². The van der Waals surface area contributed by atoms with Crippen molar-refractivity contribution in [3.8, 4) is 22.6 Å². The Hall–Kier alpha value is -4.99. The summed E-state index contributed by atoms with van der Waals surface area (Å²) in [6, 6.07) is 16.2. The molecule has 49 heavy (non-hydrogen) atoms. The highest BCUT2D eigenvalue weighted by Crippen LogP contribution is 2.38. The molecule has 0 spiro atoms. The van der Waals surface area contributed by atoms with Crippen LogP contribution in [0.15, 0.2) is 78.1 Å². The number of aromatic nitrogens is 6. The molecule has 256 valence electrons. The summed E-state index contributed by atoms with van der Waals surface area (Å²) in [6.45, 7) is 11.5. The van der Waals surface area contributed by atoms with E-state index in [0.717, 1.165) is 17.9 Å². The number of anilines is 2. The first-order valence-electron chi connectivity index (χ1n) is 15.9. The van der Waals surface area contributed by atoms with Crippen LogP contribution in [0.1, 0.15) is 24.4 Å². The van der Waals surface area contributed by atoms with Gasteiger partial charge >= 0.3 is 0 Å². The predicted molar refractivity (Wildman–Crippen MR) is 195 cm³/mol. The molecule has 0 radical (unpaired) electrons. The summed E-state index contributed by atoms with van der Waals surface area (Å²) < 4.78 is 37.8. The van der Waals surface area contributed by atoms with Gasteiger partial charge in [0.2, 0.25) is 10.0 Å². The second kappa shape index (κ2) is 13.1. The number of para-hydroxylation sites is 1. The van der Waals surface area contributed by atoms with Crippen LogP contribution in [0.3, 0.4) is 0 Å². The fourth-order valence-electron chi connectivity index (χ4n) is 5.74. The Morgan fingerprint density at radius 3 is 2.53 bits per heavy atom. The third-order valence-electron chi connectivity index (χ3n) is 8.08. The first-order chi connectivity index (χ1) is 23.2. The molecule has 1 unspecified atom stereocenters. The van der Waals surface area contributed by atoms with Gasteiger partial charge in [-0.3, -0.25) is 14.1 Å². The van der Waals surface area contributed by atoms with Crippen LogP contribution < -0.4 is 15.6 Å². The molecule has 13 nitrogen and oxygen atoms in total. The fraction of sp³-hybridized carbons (Fsp3) is 0.294. The van der Waals surface area contributed by atoms with Crippen molar-refractivity contribution in [2.45, 2.75) is 52.3 Å². The van der Waals surface area contributed by atoms with Crippen molar-refractivity contribution in [2.75, 3.05) is 22.9 Å². The normalized spacial score (nSPS) is 12.9.